The average Bonchev–Trinajstić information content (AvgIpc) is 3.28. The third-order valence-corrected chi connectivity index (χ3v) is 9.38. The fourth-order valence-electron chi connectivity index (χ4n) is 7.52. The normalized spacial score (nSPS) is 30.0. The number of phenols is 5. The highest BCUT2D eigenvalue weighted by molar-refractivity contribution is 5.69. The van der Waals surface area contributed by atoms with Gasteiger partial charge in [-0.05, 0) is 58.7 Å². The zero-order chi connectivity index (χ0) is 31.7. The fourth-order valence-corrected chi connectivity index (χ4v) is 7.52. The van der Waals surface area contributed by atoms with Gasteiger partial charge in [0, 0.05) is 46.9 Å². The van der Waals surface area contributed by atoms with Crippen LogP contribution in [0.2, 0.25) is 0 Å². The first-order valence-electron chi connectivity index (χ1n) is 14.5. The van der Waals surface area contributed by atoms with Crippen molar-refractivity contribution in [3.05, 3.63) is 106 Å². The number of hydrogen-bond donors (Lipinski definition) is 9. The molecule has 4 aromatic carbocycles. The fraction of sp³-hybridized carbons (Fsp3) is 0.294. The van der Waals surface area contributed by atoms with Gasteiger partial charge in [0.05, 0.1) is 6.61 Å². The molecule has 4 aromatic rings. The second-order valence-corrected chi connectivity index (χ2v) is 11.9. The predicted molar refractivity (Wildman–Crippen MR) is 158 cm³/mol. The highest BCUT2D eigenvalue weighted by Crippen LogP contribution is 2.69. The summed E-state index contributed by atoms with van der Waals surface area (Å²) in [7, 11) is 0. The Kier molecular flexibility index (Phi) is 7.03. The minimum Gasteiger partial charge on any atom is -0.508 e. The van der Waals surface area contributed by atoms with Crippen molar-refractivity contribution in [2.24, 2.45) is 0 Å². The highest BCUT2D eigenvalue weighted by Gasteiger charge is 2.54. The Hall–Kier alpha value is -4.52. The van der Waals surface area contributed by atoms with E-state index in [1.807, 2.05) is 0 Å². The number of fused-ring (bicyclic) bond motifs is 7. The Bertz CT molecular complexity index is 1740. The topological polar surface area (TPSA) is 201 Å². The third-order valence-electron chi connectivity index (χ3n) is 9.38. The molecule has 7 rings (SSSR count). The summed E-state index contributed by atoms with van der Waals surface area (Å²) in [5, 5.41) is 94.4. The van der Waals surface area contributed by atoms with Gasteiger partial charge in [-0.15, -0.1) is 0 Å². The standard InChI is InChI=1S/C34H32O11/c35-13-24-31(41)32(42)33(43)34(45-24)44-23-12-19(39)10-21-28(23)30-20-9-18(38)11-22(40)27(20)25(14-1-5-16(36)6-2-14)29(21)26(30)15-3-7-17(37)8-4-15/h1-12,24-26,29-43H,13H2/t24-,25-,26?,29?,30?,31-,32+,33-,34-/m1/s1. The van der Waals surface area contributed by atoms with Gasteiger partial charge >= 0.3 is 0 Å². The Morgan fingerprint density at radius 1 is 0.578 bits per heavy atom. The SMILES string of the molecule is OC[C@H]1O[C@@H](Oc2cc(O)cc3c2C2c4cc(O)cc(O)c4[C@@H](c4ccc(O)cc4)C3C2c2ccc(O)cc2)[C@H](O)[C@@H](O)[C@@H]1O. The van der Waals surface area contributed by atoms with Gasteiger partial charge in [0.2, 0.25) is 6.29 Å². The van der Waals surface area contributed by atoms with Crippen molar-refractivity contribution in [1.82, 2.24) is 0 Å². The Morgan fingerprint density at radius 2 is 1.18 bits per heavy atom. The van der Waals surface area contributed by atoms with E-state index in [1.54, 1.807) is 60.7 Å². The second-order valence-electron chi connectivity index (χ2n) is 11.9. The van der Waals surface area contributed by atoms with Gasteiger partial charge in [0.25, 0.3) is 0 Å². The van der Waals surface area contributed by atoms with Gasteiger partial charge in [-0.2, -0.15) is 0 Å². The lowest BCUT2D eigenvalue weighted by Crippen LogP contribution is -2.60. The summed E-state index contributed by atoms with van der Waals surface area (Å²) in [6.07, 6.45) is -7.76. The highest BCUT2D eigenvalue weighted by atomic mass is 16.7. The van der Waals surface area contributed by atoms with E-state index in [9.17, 15) is 46.0 Å². The number of aliphatic hydroxyl groups is 4. The third kappa shape index (κ3) is 4.63. The molecule has 9 N–H and O–H groups in total. The molecule has 1 aliphatic heterocycles. The van der Waals surface area contributed by atoms with E-state index in [1.165, 1.54) is 12.1 Å². The van der Waals surface area contributed by atoms with Crippen molar-refractivity contribution in [2.75, 3.05) is 6.61 Å². The number of aromatic hydroxyl groups is 5. The largest absolute Gasteiger partial charge is 0.508 e. The minimum absolute atomic E-state index is 0.0531. The zero-order valence-electron chi connectivity index (χ0n) is 23.7. The van der Waals surface area contributed by atoms with E-state index in [4.69, 9.17) is 9.47 Å². The van der Waals surface area contributed by atoms with E-state index in [0.717, 1.165) is 11.1 Å². The van der Waals surface area contributed by atoms with Crippen LogP contribution in [0, 0.1) is 0 Å². The molecule has 2 bridgehead atoms. The van der Waals surface area contributed by atoms with Crippen molar-refractivity contribution in [2.45, 2.75) is 54.4 Å². The molecule has 1 heterocycles. The number of ether oxygens (including phenoxy) is 2. The molecule has 234 valence electrons. The Labute approximate surface area is 257 Å². The molecule has 3 unspecified atom stereocenters. The first-order valence-corrected chi connectivity index (χ1v) is 14.5. The van der Waals surface area contributed by atoms with Crippen LogP contribution >= 0.6 is 0 Å². The summed E-state index contributed by atoms with van der Waals surface area (Å²) >= 11 is 0. The lowest BCUT2D eigenvalue weighted by molar-refractivity contribution is -0.277. The van der Waals surface area contributed by atoms with Crippen LogP contribution in [0.1, 0.15) is 57.1 Å². The summed E-state index contributed by atoms with van der Waals surface area (Å²) in [6, 6.07) is 19.0. The van der Waals surface area contributed by atoms with Crippen molar-refractivity contribution < 1.29 is 55.4 Å². The van der Waals surface area contributed by atoms with E-state index in [-0.39, 0.29) is 40.4 Å². The van der Waals surface area contributed by atoms with Gasteiger partial charge < -0.3 is 55.4 Å². The summed E-state index contributed by atoms with van der Waals surface area (Å²) < 4.78 is 11.8. The molecule has 0 radical (unpaired) electrons. The van der Waals surface area contributed by atoms with Crippen molar-refractivity contribution >= 4 is 0 Å². The molecule has 0 saturated carbocycles. The van der Waals surface area contributed by atoms with Crippen LogP contribution in [0.15, 0.2) is 72.8 Å². The van der Waals surface area contributed by atoms with E-state index >= 15 is 0 Å². The molecule has 45 heavy (non-hydrogen) atoms. The maximum atomic E-state index is 11.3. The van der Waals surface area contributed by atoms with E-state index in [2.05, 4.69) is 0 Å². The molecule has 1 saturated heterocycles. The zero-order valence-corrected chi connectivity index (χ0v) is 23.7. The van der Waals surface area contributed by atoms with Crippen LogP contribution in [0.5, 0.6) is 34.5 Å². The molecule has 9 atom stereocenters. The van der Waals surface area contributed by atoms with Crippen LogP contribution < -0.4 is 4.74 Å². The van der Waals surface area contributed by atoms with Crippen molar-refractivity contribution in [3.8, 4) is 34.5 Å². The molecule has 2 aliphatic carbocycles. The molecule has 3 aliphatic rings. The maximum absolute atomic E-state index is 11.3. The molecule has 1 fully saturated rings. The molecular weight excluding hydrogens is 584 g/mol. The number of benzene rings is 4. The first-order chi connectivity index (χ1) is 21.6. The van der Waals surface area contributed by atoms with Crippen molar-refractivity contribution in [1.29, 1.82) is 0 Å². The van der Waals surface area contributed by atoms with Crippen LogP contribution in [-0.4, -0.2) is 83.3 Å². The molecule has 0 aromatic heterocycles. The number of rotatable bonds is 5. The van der Waals surface area contributed by atoms with Gasteiger partial charge in [-0.3, -0.25) is 0 Å². The van der Waals surface area contributed by atoms with Gasteiger partial charge in [-0.1, -0.05) is 24.3 Å². The smallest absolute Gasteiger partial charge is 0.229 e. The van der Waals surface area contributed by atoms with Crippen LogP contribution in [0.25, 0.3) is 0 Å². The number of hydrogen-bond acceptors (Lipinski definition) is 11. The molecule has 0 amide bonds. The summed E-state index contributed by atoms with van der Waals surface area (Å²) in [5.74, 6) is -2.25. The first kappa shape index (κ1) is 29.2. The number of phenolic OH excluding ortho intramolecular Hbond substituents is 5. The van der Waals surface area contributed by atoms with E-state index < -0.39 is 55.1 Å². The lowest BCUT2D eigenvalue weighted by atomic mass is 9.63. The van der Waals surface area contributed by atoms with Crippen molar-refractivity contribution in [3.63, 3.8) is 0 Å². The second kappa shape index (κ2) is 10.8. The van der Waals surface area contributed by atoms with Crippen LogP contribution in [-0.2, 0) is 4.74 Å². The molecule has 11 heteroatoms. The number of aliphatic hydroxyl groups excluding tert-OH is 4. The minimum atomic E-state index is -1.71. The Morgan fingerprint density at radius 3 is 1.82 bits per heavy atom. The van der Waals surface area contributed by atoms with Gasteiger partial charge in [0.15, 0.2) is 0 Å². The summed E-state index contributed by atoms with van der Waals surface area (Å²) in [4.78, 5) is 0. The molecule has 0 spiro atoms. The summed E-state index contributed by atoms with van der Waals surface area (Å²) in [6.45, 7) is -0.656. The molecule has 11 nitrogen and oxygen atoms in total. The average molecular weight is 617 g/mol. The molecular formula is C34H32O11. The quantitative estimate of drug-likeness (QED) is 0.160. The van der Waals surface area contributed by atoms with E-state index in [0.29, 0.717) is 22.3 Å². The van der Waals surface area contributed by atoms with Gasteiger partial charge in [0.1, 0.15) is 58.9 Å². The summed E-state index contributed by atoms with van der Waals surface area (Å²) in [5.41, 5.74) is 3.89. The van der Waals surface area contributed by atoms with Crippen LogP contribution in [0.4, 0.5) is 0 Å². The maximum Gasteiger partial charge on any atom is 0.229 e. The predicted octanol–water partition coefficient (Wildman–Crippen LogP) is 2.55. The van der Waals surface area contributed by atoms with Crippen LogP contribution in [0.3, 0.4) is 0 Å². The Balaban J connectivity index is 1.47. The van der Waals surface area contributed by atoms with Gasteiger partial charge in [-0.25, -0.2) is 0 Å². The lowest BCUT2D eigenvalue weighted by Gasteiger charge is -2.40. The monoisotopic (exact) mass is 616 g/mol.